The van der Waals surface area contributed by atoms with Crippen LogP contribution in [-0.2, 0) is 19.6 Å². The molecule has 2 aromatic carbocycles. The first-order chi connectivity index (χ1) is 14.3. The number of amides is 2. The van der Waals surface area contributed by atoms with Crippen molar-refractivity contribution in [3.8, 4) is 0 Å². The molecule has 30 heavy (non-hydrogen) atoms. The van der Waals surface area contributed by atoms with Gasteiger partial charge in [0.05, 0.1) is 9.80 Å². The van der Waals surface area contributed by atoms with Crippen LogP contribution in [0.15, 0.2) is 64.4 Å². The Labute approximate surface area is 184 Å². The first-order valence-corrected chi connectivity index (χ1v) is 11.6. The fraction of sp³-hybridized carbons (Fsp3) is 0.150. The zero-order chi connectivity index (χ0) is 21.7. The molecular weight excluding hydrogens is 442 g/mol. The van der Waals surface area contributed by atoms with Crippen LogP contribution in [0.5, 0.6) is 0 Å². The summed E-state index contributed by atoms with van der Waals surface area (Å²) in [5, 5.41) is 0. The lowest BCUT2D eigenvalue weighted by Gasteiger charge is -2.14. The van der Waals surface area contributed by atoms with Crippen molar-refractivity contribution >= 4 is 56.2 Å². The summed E-state index contributed by atoms with van der Waals surface area (Å²) >= 11 is 6.42. The zero-order valence-corrected chi connectivity index (χ0v) is 18.4. The van der Waals surface area contributed by atoms with Crippen LogP contribution in [0, 0.1) is 6.92 Å². The molecule has 1 saturated heterocycles. The number of thioether (sulfide) groups is 1. The molecular formula is C20H19N3O4S3. The fourth-order valence-electron chi connectivity index (χ4n) is 2.57. The van der Waals surface area contributed by atoms with Gasteiger partial charge in [0.1, 0.15) is 4.32 Å². The van der Waals surface area contributed by atoms with Gasteiger partial charge in [0.2, 0.25) is 5.91 Å². The molecule has 10 heteroatoms. The lowest BCUT2D eigenvalue weighted by Crippen LogP contribution is -2.43. The van der Waals surface area contributed by atoms with Gasteiger partial charge in [0.15, 0.2) is 0 Å². The minimum absolute atomic E-state index is 0.0383. The van der Waals surface area contributed by atoms with E-state index in [1.54, 1.807) is 18.2 Å². The predicted octanol–water partition coefficient (Wildman–Crippen LogP) is 2.60. The summed E-state index contributed by atoms with van der Waals surface area (Å²) in [7, 11) is -3.88. The number of nitrogens with zero attached hydrogens (tertiary/aromatic N) is 1. The molecule has 156 valence electrons. The highest BCUT2D eigenvalue weighted by Gasteiger charge is 2.32. The van der Waals surface area contributed by atoms with Gasteiger partial charge in [0.25, 0.3) is 15.9 Å². The average Bonchev–Trinajstić information content (AvgIpc) is 2.98. The summed E-state index contributed by atoms with van der Waals surface area (Å²) in [6.07, 6.45) is 1.64. The van der Waals surface area contributed by atoms with E-state index in [-0.39, 0.29) is 23.8 Å². The molecule has 2 amide bonds. The van der Waals surface area contributed by atoms with E-state index in [9.17, 15) is 18.0 Å². The number of hydrazine groups is 1. The van der Waals surface area contributed by atoms with E-state index in [1.165, 1.54) is 28.8 Å². The number of hydrogen-bond acceptors (Lipinski definition) is 6. The van der Waals surface area contributed by atoms with Crippen molar-refractivity contribution < 1.29 is 18.0 Å². The number of nitrogens with one attached hydrogen (secondary N) is 2. The molecule has 1 aliphatic heterocycles. The van der Waals surface area contributed by atoms with Gasteiger partial charge in [-0.2, -0.15) is 0 Å². The molecule has 0 spiro atoms. The van der Waals surface area contributed by atoms with Gasteiger partial charge in [-0.15, -0.1) is 4.83 Å². The summed E-state index contributed by atoms with van der Waals surface area (Å²) in [5.41, 5.74) is 3.96. The molecule has 0 aromatic heterocycles. The molecule has 0 aliphatic carbocycles. The number of benzene rings is 2. The summed E-state index contributed by atoms with van der Waals surface area (Å²) in [5.74, 6) is -0.853. The highest BCUT2D eigenvalue weighted by molar-refractivity contribution is 8.26. The third-order valence-electron chi connectivity index (χ3n) is 4.19. The van der Waals surface area contributed by atoms with Crippen LogP contribution in [0.1, 0.15) is 17.5 Å². The van der Waals surface area contributed by atoms with E-state index in [1.807, 2.05) is 37.3 Å². The van der Waals surface area contributed by atoms with E-state index in [2.05, 4.69) is 10.3 Å². The Morgan fingerprint density at radius 1 is 1.13 bits per heavy atom. The quantitative estimate of drug-likeness (QED) is 0.374. The molecule has 1 fully saturated rings. The molecule has 0 bridgehead atoms. The molecule has 3 rings (SSSR count). The molecule has 1 heterocycles. The predicted molar refractivity (Wildman–Crippen MR) is 121 cm³/mol. The molecule has 7 nitrogen and oxygen atoms in total. The van der Waals surface area contributed by atoms with Crippen molar-refractivity contribution in [3.63, 3.8) is 0 Å². The number of carbonyl (C=O) groups excluding carboxylic acids is 2. The van der Waals surface area contributed by atoms with Crippen LogP contribution >= 0.6 is 24.0 Å². The number of carbonyl (C=O) groups is 2. The van der Waals surface area contributed by atoms with E-state index < -0.39 is 15.9 Å². The second-order valence-corrected chi connectivity index (χ2v) is 9.82. The van der Waals surface area contributed by atoms with E-state index in [0.29, 0.717) is 9.23 Å². The Balaban J connectivity index is 1.54. The Morgan fingerprint density at radius 3 is 2.47 bits per heavy atom. The van der Waals surface area contributed by atoms with Gasteiger partial charge < -0.3 is 0 Å². The average molecular weight is 462 g/mol. The minimum atomic E-state index is -3.88. The van der Waals surface area contributed by atoms with Gasteiger partial charge in [-0.1, -0.05) is 72.0 Å². The maximum atomic E-state index is 12.6. The standard InChI is InChI=1S/C20H19N3O4S3/c1-14-7-9-16(10-8-14)30(26,27)22-21-18(24)11-12-23-19(25)17(29-20(23)28)13-15-5-3-2-4-6-15/h2-10,13,22H,11-12H2,1H3,(H,21,24)/b17-13-. The first-order valence-electron chi connectivity index (χ1n) is 8.94. The van der Waals surface area contributed by atoms with Crippen molar-refractivity contribution in [1.82, 2.24) is 15.2 Å². The van der Waals surface area contributed by atoms with E-state index >= 15 is 0 Å². The summed E-state index contributed by atoms with van der Waals surface area (Å²) in [4.78, 5) is 28.6. The van der Waals surface area contributed by atoms with Crippen LogP contribution in [0.4, 0.5) is 0 Å². The Morgan fingerprint density at radius 2 is 1.80 bits per heavy atom. The number of thiocarbonyl (C=S) groups is 1. The highest BCUT2D eigenvalue weighted by Crippen LogP contribution is 2.32. The Bertz CT molecular complexity index is 1100. The topological polar surface area (TPSA) is 95.6 Å². The van der Waals surface area contributed by atoms with Crippen LogP contribution < -0.4 is 10.3 Å². The first kappa shape index (κ1) is 22.2. The largest absolute Gasteiger partial charge is 0.292 e. The van der Waals surface area contributed by atoms with E-state index in [0.717, 1.165) is 11.1 Å². The summed E-state index contributed by atoms with van der Waals surface area (Å²) in [6, 6.07) is 15.6. The van der Waals surface area contributed by atoms with Crippen LogP contribution in [0.3, 0.4) is 0 Å². The number of hydrogen-bond donors (Lipinski definition) is 2. The SMILES string of the molecule is Cc1ccc(S(=O)(=O)NNC(=O)CCN2C(=O)/C(=C/c3ccccc3)SC2=S)cc1. The number of rotatable bonds is 7. The smallest absolute Gasteiger partial charge is 0.266 e. The normalized spacial score (nSPS) is 15.6. The Kier molecular flexibility index (Phi) is 7.03. The van der Waals surface area contributed by atoms with Gasteiger partial charge in [-0.25, -0.2) is 8.42 Å². The maximum Gasteiger partial charge on any atom is 0.266 e. The van der Waals surface area contributed by atoms with Crippen molar-refractivity contribution in [2.45, 2.75) is 18.2 Å². The van der Waals surface area contributed by atoms with Gasteiger partial charge in [-0.3, -0.25) is 19.9 Å². The van der Waals surface area contributed by atoms with Crippen molar-refractivity contribution in [1.29, 1.82) is 0 Å². The lowest BCUT2D eigenvalue weighted by molar-refractivity contribution is -0.124. The number of aryl methyl sites for hydroxylation is 1. The maximum absolute atomic E-state index is 12.6. The van der Waals surface area contributed by atoms with Gasteiger partial charge >= 0.3 is 0 Å². The van der Waals surface area contributed by atoms with Gasteiger partial charge in [-0.05, 0) is 30.7 Å². The molecule has 1 aliphatic rings. The fourth-order valence-corrected chi connectivity index (χ4v) is 4.74. The second-order valence-electron chi connectivity index (χ2n) is 6.46. The van der Waals surface area contributed by atoms with Crippen molar-refractivity contribution in [2.75, 3.05) is 6.54 Å². The van der Waals surface area contributed by atoms with Crippen LogP contribution in [0.2, 0.25) is 0 Å². The third kappa shape index (κ3) is 5.54. The molecule has 0 unspecified atom stereocenters. The Hall–Kier alpha value is -2.53. The third-order valence-corrected chi connectivity index (χ3v) is 6.83. The van der Waals surface area contributed by atoms with Crippen molar-refractivity contribution in [3.05, 3.63) is 70.6 Å². The highest BCUT2D eigenvalue weighted by atomic mass is 32.2. The molecule has 0 atom stereocenters. The van der Waals surface area contributed by atoms with Crippen LogP contribution in [-0.4, -0.2) is 36.0 Å². The summed E-state index contributed by atoms with van der Waals surface area (Å²) in [6.45, 7) is 1.89. The van der Waals surface area contributed by atoms with Crippen molar-refractivity contribution in [2.24, 2.45) is 0 Å². The summed E-state index contributed by atoms with van der Waals surface area (Å²) < 4.78 is 24.8. The number of sulfonamides is 1. The van der Waals surface area contributed by atoms with E-state index in [4.69, 9.17) is 12.2 Å². The molecule has 2 N–H and O–H groups in total. The zero-order valence-electron chi connectivity index (χ0n) is 16.0. The second kappa shape index (κ2) is 9.52. The molecule has 0 radical (unpaired) electrons. The van der Waals surface area contributed by atoms with Gasteiger partial charge in [0, 0.05) is 13.0 Å². The minimum Gasteiger partial charge on any atom is -0.292 e. The lowest BCUT2D eigenvalue weighted by atomic mass is 10.2. The molecule has 2 aromatic rings. The molecule has 0 saturated carbocycles. The van der Waals surface area contributed by atoms with Crippen LogP contribution in [0.25, 0.3) is 6.08 Å². The monoisotopic (exact) mass is 461 g/mol.